The van der Waals surface area contributed by atoms with Crippen LogP contribution in [0.25, 0.3) is 0 Å². The summed E-state index contributed by atoms with van der Waals surface area (Å²) in [6, 6.07) is 4.39. The van der Waals surface area contributed by atoms with Crippen molar-refractivity contribution in [3.63, 3.8) is 0 Å². The standard InChI is InChI=1S/C11H18N2O5S/c1-8-2-3-10(9(12)4-8)19(17,18)13-11(5-14,6-15)7-16/h2-4,13-16H,5-7,12H2,1H3. The molecule has 0 spiro atoms. The van der Waals surface area contributed by atoms with Gasteiger partial charge in [-0.25, -0.2) is 8.42 Å². The molecule has 6 N–H and O–H groups in total. The molecule has 7 nitrogen and oxygen atoms in total. The number of aryl methyl sites for hydroxylation is 1. The van der Waals surface area contributed by atoms with Crippen molar-refractivity contribution in [3.8, 4) is 0 Å². The van der Waals surface area contributed by atoms with Crippen LogP contribution in [-0.4, -0.2) is 49.1 Å². The minimum Gasteiger partial charge on any atom is -0.398 e. The molecule has 0 fully saturated rings. The number of sulfonamides is 1. The number of aliphatic hydroxyl groups is 3. The first-order valence-electron chi connectivity index (χ1n) is 5.53. The van der Waals surface area contributed by atoms with Crippen LogP contribution in [0.15, 0.2) is 23.1 Å². The minimum atomic E-state index is -4.06. The average Bonchev–Trinajstić information content (AvgIpc) is 2.35. The van der Waals surface area contributed by atoms with Gasteiger partial charge in [0.05, 0.1) is 25.5 Å². The van der Waals surface area contributed by atoms with Gasteiger partial charge in [-0.1, -0.05) is 6.07 Å². The van der Waals surface area contributed by atoms with E-state index in [-0.39, 0.29) is 10.6 Å². The Morgan fingerprint density at radius 1 is 1.21 bits per heavy atom. The Morgan fingerprint density at radius 3 is 2.16 bits per heavy atom. The summed E-state index contributed by atoms with van der Waals surface area (Å²) < 4.78 is 26.3. The first kappa shape index (κ1) is 15.9. The largest absolute Gasteiger partial charge is 0.398 e. The van der Waals surface area contributed by atoms with E-state index in [1.807, 2.05) is 0 Å². The zero-order chi connectivity index (χ0) is 14.7. The lowest BCUT2D eigenvalue weighted by molar-refractivity contribution is 0.0582. The van der Waals surface area contributed by atoms with Crippen LogP contribution >= 0.6 is 0 Å². The minimum absolute atomic E-state index is 0.0511. The maximum absolute atomic E-state index is 12.1. The maximum Gasteiger partial charge on any atom is 0.243 e. The van der Waals surface area contributed by atoms with Crippen LogP contribution in [0.3, 0.4) is 0 Å². The number of nitrogens with two attached hydrogens (primary N) is 1. The van der Waals surface area contributed by atoms with Crippen molar-refractivity contribution in [3.05, 3.63) is 23.8 Å². The topological polar surface area (TPSA) is 133 Å². The van der Waals surface area contributed by atoms with Gasteiger partial charge in [0.25, 0.3) is 0 Å². The average molecular weight is 290 g/mol. The molecule has 0 radical (unpaired) electrons. The van der Waals surface area contributed by atoms with E-state index in [1.54, 1.807) is 13.0 Å². The van der Waals surface area contributed by atoms with Gasteiger partial charge in [-0.05, 0) is 24.6 Å². The van der Waals surface area contributed by atoms with E-state index in [1.165, 1.54) is 12.1 Å². The van der Waals surface area contributed by atoms with Gasteiger partial charge in [0, 0.05) is 0 Å². The Kier molecular flexibility index (Phi) is 4.88. The zero-order valence-corrected chi connectivity index (χ0v) is 11.3. The molecule has 8 heteroatoms. The molecule has 0 saturated carbocycles. The third-order valence-corrected chi connectivity index (χ3v) is 4.37. The second kappa shape index (κ2) is 5.85. The van der Waals surface area contributed by atoms with Crippen molar-refractivity contribution < 1.29 is 23.7 Å². The molecule has 0 atom stereocenters. The van der Waals surface area contributed by atoms with Crippen molar-refractivity contribution in [2.75, 3.05) is 25.6 Å². The summed E-state index contributed by atoms with van der Waals surface area (Å²) in [5.74, 6) is 0. The van der Waals surface area contributed by atoms with Crippen molar-refractivity contribution in [2.24, 2.45) is 0 Å². The van der Waals surface area contributed by atoms with Crippen LogP contribution in [0.2, 0.25) is 0 Å². The van der Waals surface area contributed by atoms with Crippen LogP contribution in [0.1, 0.15) is 5.56 Å². The predicted molar refractivity (Wildman–Crippen MR) is 69.9 cm³/mol. The quantitative estimate of drug-likeness (QED) is 0.408. The highest BCUT2D eigenvalue weighted by atomic mass is 32.2. The molecule has 0 aliphatic heterocycles. The summed E-state index contributed by atoms with van der Waals surface area (Å²) in [6.45, 7) is -0.472. The van der Waals surface area contributed by atoms with E-state index in [0.717, 1.165) is 5.56 Å². The molecule has 1 aromatic rings. The normalized spacial score (nSPS) is 12.6. The molecule has 0 aromatic heterocycles. The number of nitrogens with one attached hydrogen (secondary N) is 1. The van der Waals surface area contributed by atoms with Crippen LogP contribution in [-0.2, 0) is 10.0 Å². The lowest BCUT2D eigenvalue weighted by Gasteiger charge is -2.28. The van der Waals surface area contributed by atoms with Crippen LogP contribution in [0, 0.1) is 6.92 Å². The van der Waals surface area contributed by atoms with Gasteiger partial charge in [0.2, 0.25) is 10.0 Å². The summed E-state index contributed by atoms with van der Waals surface area (Å²) in [4.78, 5) is -0.169. The van der Waals surface area contributed by atoms with E-state index in [9.17, 15) is 8.42 Å². The van der Waals surface area contributed by atoms with E-state index in [0.29, 0.717) is 0 Å². The Morgan fingerprint density at radius 2 is 1.74 bits per heavy atom. The molecule has 0 aliphatic rings. The van der Waals surface area contributed by atoms with Crippen LogP contribution < -0.4 is 10.5 Å². The van der Waals surface area contributed by atoms with E-state index in [2.05, 4.69) is 4.72 Å². The molecular formula is C11H18N2O5S. The first-order chi connectivity index (χ1) is 8.80. The second-order valence-corrected chi connectivity index (χ2v) is 6.05. The Bertz CT molecular complexity index is 532. The smallest absolute Gasteiger partial charge is 0.243 e. The fourth-order valence-electron chi connectivity index (χ4n) is 1.50. The number of rotatable bonds is 6. The Balaban J connectivity index is 3.17. The third kappa shape index (κ3) is 3.43. The predicted octanol–water partition coefficient (Wildman–Crippen LogP) is -1.43. The number of hydrogen-bond donors (Lipinski definition) is 5. The van der Waals surface area contributed by atoms with Gasteiger partial charge in [-0.3, -0.25) is 0 Å². The van der Waals surface area contributed by atoms with Crippen molar-refractivity contribution in [1.82, 2.24) is 4.72 Å². The number of benzene rings is 1. The molecule has 0 bridgehead atoms. The van der Waals surface area contributed by atoms with Gasteiger partial charge < -0.3 is 21.1 Å². The van der Waals surface area contributed by atoms with E-state index in [4.69, 9.17) is 21.1 Å². The van der Waals surface area contributed by atoms with Gasteiger partial charge in [0.15, 0.2) is 0 Å². The monoisotopic (exact) mass is 290 g/mol. The Labute approximate surface area is 111 Å². The second-order valence-electron chi connectivity index (χ2n) is 4.40. The Hall–Kier alpha value is -1.19. The molecule has 0 amide bonds. The number of aliphatic hydroxyl groups excluding tert-OH is 3. The zero-order valence-electron chi connectivity index (χ0n) is 10.5. The molecule has 0 unspecified atom stereocenters. The summed E-state index contributed by atoms with van der Waals surface area (Å²) in [5, 5.41) is 27.4. The highest BCUT2D eigenvalue weighted by Crippen LogP contribution is 2.21. The molecule has 0 heterocycles. The highest BCUT2D eigenvalue weighted by Gasteiger charge is 2.34. The summed E-state index contributed by atoms with van der Waals surface area (Å²) in [7, 11) is -4.06. The van der Waals surface area contributed by atoms with Crippen LogP contribution in [0.4, 0.5) is 5.69 Å². The maximum atomic E-state index is 12.1. The number of hydrogen-bond acceptors (Lipinski definition) is 6. The van der Waals surface area contributed by atoms with Crippen LogP contribution in [0.5, 0.6) is 0 Å². The molecule has 19 heavy (non-hydrogen) atoms. The third-order valence-electron chi connectivity index (χ3n) is 2.71. The molecule has 0 aliphatic carbocycles. The molecular weight excluding hydrogens is 272 g/mol. The lowest BCUT2D eigenvalue weighted by Crippen LogP contribution is -2.56. The van der Waals surface area contributed by atoms with Crippen molar-refractivity contribution >= 4 is 15.7 Å². The highest BCUT2D eigenvalue weighted by molar-refractivity contribution is 7.89. The van der Waals surface area contributed by atoms with Crippen molar-refractivity contribution in [2.45, 2.75) is 17.4 Å². The fourth-order valence-corrected chi connectivity index (χ4v) is 2.99. The summed E-state index contributed by atoms with van der Waals surface area (Å²) in [5.41, 5.74) is 4.77. The first-order valence-corrected chi connectivity index (χ1v) is 7.01. The fraction of sp³-hybridized carbons (Fsp3) is 0.455. The summed E-state index contributed by atoms with van der Waals surface area (Å²) in [6.07, 6.45) is 0. The molecule has 108 valence electrons. The SMILES string of the molecule is Cc1ccc(S(=O)(=O)NC(CO)(CO)CO)c(N)c1. The lowest BCUT2D eigenvalue weighted by atomic mass is 10.1. The van der Waals surface area contributed by atoms with E-state index < -0.39 is 35.4 Å². The number of anilines is 1. The van der Waals surface area contributed by atoms with Gasteiger partial charge in [0.1, 0.15) is 10.4 Å². The molecule has 1 aromatic carbocycles. The molecule has 0 saturated heterocycles. The van der Waals surface area contributed by atoms with Gasteiger partial charge in [-0.2, -0.15) is 4.72 Å². The summed E-state index contributed by atoms with van der Waals surface area (Å²) >= 11 is 0. The van der Waals surface area contributed by atoms with Crippen molar-refractivity contribution in [1.29, 1.82) is 0 Å². The molecule has 1 rings (SSSR count). The number of nitrogen functional groups attached to an aromatic ring is 1. The van der Waals surface area contributed by atoms with Gasteiger partial charge >= 0.3 is 0 Å². The van der Waals surface area contributed by atoms with E-state index >= 15 is 0 Å². The van der Waals surface area contributed by atoms with Gasteiger partial charge in [-0.15, -0.1) is 0 Å².